The highest BCUT2D eigenvalue weighted by molar-refractivity contribution is 6.00. The molecule has 1 fully saturated rings. The van der Waals surface area contributed by atoms with Crippen LogP contribution >= 0.6 is 0 Å². The lowest BCUT2D eigenvalue weighted by Crippen LogP contribution is -2.43. The SMILES string of the molecule is CCN(CC(=O)NCc1ccc(F)cc1)C(=O)C1CC(=O)N(c2cccc(OC)c2)C1. The molecule has 1 N–H and O–H groups in total. The number of ether oxygens (including phenoxy) is 1. The summed E-state index contributed by atoms with van der Waals surface area (Å²) in [6, 6.07) is 13.0. The van der Waals surface area contributed by atoms with Crippen LogP contribution in [0.15, 0.2) is 48.5 Å². The number of halogens is 1. The molecular weight excluding hydrogens is 401 g/mol. The van der Waals surface area contributed by atoms with E-state index in [1.54, 1.807) is 55.3 Å². The maximum Gasteiger partial charge on any atom is 0.239 e. The van der Waals surface area contributed by atoms with Crippen molar-refractivity contribution >= 4 is 23.4 Å². The van der Waals surface area contributed by atoms with Gasteiger partial charge in [-0.3, -0.25) is 14.4 Å². The van der Waals surface area contributed by atoms with Crippen LogP contribution in [-0.2, 0) is 20.9 Å². The van der Waals surface area contributed by atoms with E-state index >= 15 is 0 Å². The number of rotatable bonds is 8. The number of methoxy groups -OCH3 is 1. The topological polar surface area (TPSA) is 79.0 Å². The summed E-state index contributed by atoms with van der Waals surface area (Å²) in [5.41, 5.74) is 1.44. The largest absolute Gasteiger partial charge is 0.497 e. The molecule has 1 aliphatic rings. The average Bonchev–Trinajstić information content (AvgIpc) is 3.18. The van der Waals surface area contributed by atoms with Gasteiger partial charge in [0.15, 0.2) is 0 Å². The molecule has 31 heavy (non-hydrogen) atoms. The van der Waals surface area contributed by atoms with Gasteiger partial charge in [-0.1, -0.05) is 18.2 Å². The second kappa shape index (κ2) is 10.1. The molecule has 1 aliphatic heterocycles. The first-order chi connectivity index (χ1) is 14.9. The van der Waals surface area contributed by atoms with E-state index in [0.29, 0.717) is 18.0 Å². The number of likely N-dealkylation sites (N-methyl/N-ethyl adjacent to an activating group) is 1. The van der Waals surface area contributed by atoms with Crippen LogP contribution in [0, 0.1) is 11.7 Å². The van der Waals surface area contributed by atoms with Gasteiger partial charge in [0.2, 0.25) is 17.7 Å². The molecular formula is C23H26FN3O4. The van der Waals surface area contributed by atoms with Crippen molar-refractivity contribution in [2.45, 2.75) is 19.9 Å². The van der Waals surface area contributed by atoms with Gasteiger partial charge in [-0.25, -0.2) is 4.39 Å². The standard InChI is InChI=1S/C23H26FN3O4/c1-3-26(15-21(28)25-13-16-7-9-18(24)10-8-16)23(30)17-11-22(29)27(14-17)19-5-4-6-20(12-19)31-2/h4-10,12,17H,3,11,13-15H2,1-2H3,(H,25,28). The summed E-state index contributed by atoms with van der Waals surface area (Å²) in [6.07, 6.45) is 0.101. The van der Waals surface area contributed by atoms with Crippen LogP contribution in [0.1, 0.15) is 18.9 Å². The maximum absolute atomic E-state index is 13.0. The van der Waals surface area contributed by atoms with Gasteiger partial charge in [-0.2, -0.15) is 0 Å². The Hall–Kier alpha value is -3.42. The van der Waals surface area contributed by atoms with E-state index < -0.39 is 5.92 Å². The van der Waals surface area contributed by atoms with Crippen molar-refractivity contribution in [3.8, 4) is 5.75 Å². The van der Waals surface area contributed by atoms with E-state index in [1.165, 1.54) is 17.0 Å². The monoisotopic (exact) mass is 427 g/mol. The van der Waals surface area contributed by atoms with E-state index in [2.05, 4.69) is 5.32 Å². The fraction of sp³-hybridized carbons (Fsp3) is 0.348. The third kappa shape index (κ3) is 5.59. The lowest BCUT2D eigenvalue weighted by atomic mass is 10.1. The van der Waals surface area contributed by atoms with E-state index in [0.717, 1.165) is 5.56 Å². The predicted octanol–water partition coefficient (Wildman–Crippen LogP) is 2.35. The number of benzene rings is 2. The van der Waals surface area contributed by atoms with Crippen LogP contribution in [0.4, 0.5) is 10.1 Å². The second-order valence-corrected chi connectivity index (χ2v) is 7.36. The van der Waals surface area contributed by atoms with Crippen molar-refractivity contribution < 1.29 is 23.5 Å². The smallest absolute Gasteiger partial charge is 0.239 e. The van der Waals surface area contributed by atoms with Crippen LogP contribution in [0.3, 0.4) is 0 Å². The van der Waals surface area contributed by atoms with Crippen molar-refractivity contribution in [1.82, 2.24) is 10.2 Å². The van der Waals surface area contributed by atoms with E-state index in [4.69, 9.17) is 4.74 Å². The van der Waals surface area contributed by atoms with Gasteiger partial charge in [0.25, 0.3) is 0 Å². The first-order valence-electron chi connectivity index (χ1n) is 10.2. The summed E-state index contributed by atoms with van der Waals surface area (Å²) in [4.78, 5) is 40.8. The van der Waals surface area contributed by atoms with Gasteiger partial charge in [0, 0.05) is 37.8 Å². The van der Waals surface area contributed by atoms with Gasteiger partial charge < -0.3 is 19.9 Å². The minimum Gasteiger partial charge on any atom is -0.497 e. The molecule has 1 saturated heterocycles. The van der Waals surface area contributed by atoms with Crippen LogP contribution in [0.5, 0.6) is 5.75 Å². The molecule has 0 aliphatic carbocycles. The fourth-order valence-electron chi connectivity index (χ4n) is 3.54. The summed E-state index contributed by atoms with van der Waals surface area (Å²) >= 11 is 0. The average molecular weight is 427 g/mol. The second-order valence-electron chi connectivity index (χ2n) is 7.36. The van der Waals surface area contributed by atoms with E-state index in [9.17, 15) is 18.8 Å². The zero-order valence-corrected chi connectivity index (χ0v) is 17.6. The lowest BCUT2D eigenvalue weighted by Gasteiger charge is -2.24. The Labute approximate surface area is 180 Å². The number of carbonyl (C=O) groups excluding carboxylic acids is 3. The Morgan fingerprint density at radius 2 is 1.97 bits per heavy atom. The quantitative estimate of drug-likeness (QED) is 0.702. The zero-order chi connectivity index (χ0) is 22.4. The fourth-order valence-corrected chi connectivity index (χ4v) is 3.54. The number of nitrogens with zero attached hydrogens (tertiary/aromatic N) is 2. The van der Waals surface area contributed by atoms with E-state index in [-0.39, 0.29) is 49.6 Å². The number of carbonyl (C=O) groups is 3. The van der Waals surface area contributed by atoms with Crippen molar-refractivity contribution in [3.63, 3.8) is 0 Å². The van der Waals surface area contributed by atoms with Crippen LogP contribution in [-0.4, -0.2) is 49.4 Å². The first-order valence-corrected chi connectivity index (χ1v) is 10.2. The molecule has 8 heteroatoms. The maximum atomic E-state index is 13.0. The predicted molar refractivity (Wildman–Crippen MR) is 114 cm³/mol. The molecule has 164 valence electrons. The molecule has 0 saturated carbocycles. The molecule has 7 nitrogen and oxygen atoms in total. The molecule has 2 aromatic rings. The number of amides is 3. The molecule has 3 rings (SSSR count). The van der Waals surface area contributed by atoms with Gasteiger partial charge in [0.05, 0.1) is 19.6 Å². The third-order valence-corrected chi connectivity index (χ3v) is 5.27. The Morgan fingerprint density at radius 3 is 2.65 bits per heavy atom. The zero-order valence-electron chi connectivity index (χ0n) is 17.6. The van der Waals surface area contributed by atoms with Gasteiger partial charge in [0.1, 0.15) is 11.6 Å². The molecule has 0 bridgehead atoms. The number of nitrogens with one attached hydrogen (secondary N) is 1. The number of hydrogen-bond donors (Lipinski definition) is 1. The van der Waals surface area contributed by atoms with Crippen molar-refractivity contribution in [1.29, 1.82) is 0 Å². The van der Waals surface area contributed by atoms with Gasteiger partial charge in [-0.15, -0.1) is 0 Å². The Morgan fingerprint density at radius 1 is 1.23 bits per heavy atom. The number of anilines is 1. The van der Waals surface area contributed by atoms with Crippen LogP contribution in [0.2, 0.25) is 0 Å². The Balaban J connectivity index is 1.57. The summed E-state index contributed by atoms with van der Waals surface area (Å²) in [7, 11) is 1.55. The highest BCUT2D eigenvalue weighted by Gasteiger charge is 2.37. The molecule has 1 atom stereocenters. The molecule has 1 heterocycles. The van der Waals surface area contributed by atoms with Gasteiger partial charge in [-0.05, 0) is 36.8 Å². The highest BCUT2D eigenvalue weighted by atomic mass is 19.1. The highest BCUT2D eigenvalue weighted by Crippen LogP contribution is 2.28. The molecule has 1 unspecified atom stereocenters. The van der Waals surface area contributed by atoms with Crippen LogP contribution in [0.25, 0.3) is 0 Å². The molecule has 0 aromatic heterocycles. The molecule has 0 radical (unpaired) electrons. The van der Waals surface area contributed by atoms with Crippen molar-refractivity contribution in [3.05, 3.63) is 59.9 Å². The van der Waals surface area contributed by atoms with Crippen molar-refractivity contribution in [2.75, 3.05) is 31.6 Å². The van der Waals surface area contributed by atoms with Crippen LogP contribution < -0.4 is 15.0 Å². The Kier molecular flexibility index (Phi) is 7.23. The molecule has 0 spiro atoms. The summed E-state index contributed by atoms with van der Waals surface area (Å²) in [5.74, 6) is -0.890. The summed E-state index contributed by atoms with van der Waals surface area (Å²) < 4.78 is 18.2. The van der Waals surface area contributed by atoms with E-state index in [1.807, 2.05) is 0 Å². The first kappa shape index (κ1) is 22.3. The summed E-state index contributed by atoms with van der Waals surface area (Å²) in [6.45, 7) is 2.56. The normalized spacial score (nSPS) is 15.6. The van der Waals surface area contributed by atoms with Gasteiger partial charge >= 0.3 is 0 Å². The summed E-state index contributed by atoms with van der Waals surface area (Å²) in [5, 5.41) is 2.74. The lowest BCUT2D eigenvalue weighted by molar-refractivity contribution is -0.139. The molecule has 3 amide bonds. The third-order valence-electron chi connectivity index (χ3n) is 5.27. The molecule has 2 aromatic carbocycles. The number of hydrogen-bond acceptors (Lipinski definition) is 4. The Bertz CT molecular complexity index is 948. The minimum absolute atomic E-state index is 0.0968. The minimum atomic E-state index is -0.511. The van der Waals surface area contributed by atoms with Crippen molar-refractivity contribution in [2.24, 2.45) is 5.92 Å².